The van der Waals surface area contributed by atoms with E-state index in [0.29, 0.717) is 6.54 Å². The molecule has 1 aromatic carbocycles. The van der Waals surface area contributed by atoms with E-state index in [1.165, 1.54) is 18.2 Å². The van der Waals surface area contributed by atoms with Gasteiger partial charge in [0.05, 0.1) is 24.1 Å². The molecule has 0 saturated heterocycles. The summed E-state index contributed by atoms with van der Waals surface area (Å²) in [6.07, 6.45) is 2.51. The summed E-state index contributed by atoms with van der Waals surface area (Å²) in [5.74, 6) is -0.921. The van der Waals surface area contributed by atoms with Gasteiger partial charge >= 0.3 is 5.97 Å². The average molecular weight is 354 g/mol. The number of nitrogens with one attached hydrogen (secondary N) is 1. The smallest absolute Gasteiger partial charge is 0.340 e. The van der Waals surface area contributed by atoms with E-state index in [1.807, 2.05) is 0 Å². The molecule has 0 fully saturated rings. The van der Waals surface area contributed by atoms with Crippen LogP contribution in [0.5, 0.6) is 0 Å². The van der Waals surface area contributed by atoms with Crippen LogP contribution < -0.4 is 9.62 Å². The van der Waals surface area contributed by atoms with Gasteiger partial charge in [0, 0.05) is 19.5 Å². The predicted molar refractivity (Wildman–Crippen MR) is 92.4 cm³/mol. The van der Waals surface area contributed by atoms with Gasteiger partial charge in [-0.3, -0.25) is 9.10 Å². The highest BCUT2D eigenvalue weighted by Crippen LogP contribution is 2.24. The number of ether oxygens (including phenoxy) is 1. The van der Waals surface area contributed by atoms with E-state index in [9.17, 15) is 18.0 Å². The van der Waals surface area contributed by atoms with Gasteiger partial charge < -0.3 is 10.1 Å². The summed E-state index contributed by atoms with van der Waals surface area (Å²) in [5.41, 5.74) is 0.325. The van der Waals surface area contributed by atoms with Crippen molar-refractivity contribution in [2.75, 3.05) is 30.3 Å². The Kier molecular flexibility index (Phi) is 7.44. The van der Waals surface area contributed by atoms with Crippen LogP contribution in [0.2, 0.25) is 0 Å². The highest BCUT2D eigenvalue weighted by Gasteiger charge is 2.24. The molecule has 0 heterocycles. The summed E-state index contributed by atoms with van der Waals surface area (Å²) in [6.45, 7) is 5.55. The summed E-state index contributed by atoms with van der Waals surface area (Å²) in [5, 5.41) is 2.58. The maximum atomic E-state index is 12.1. The van der Waals surface area contributed by atoms with Crippen molar-refractivity contribution in [3.05, 3.63) is 42.5 Å². The molecule has 0 aliphatic carbocycles. The van der Waals surface area contributed by atoms with Gasteiger partial charge in [-0.15, -0.1) is 6.58 Å². The second-order valence-electron chi connectivity index (χ2n) is 4.92. The number of anilines is 1. The number of benzene rings is 1. The van der Waals surface area contributed by atoms with Crippen LogP contribution in [0.15, 0.2) is 36.9 Å². The van der Waals surface area contributed by atoms with Crippen molar-refractivity contribution in [3.8, 4) is 0 Å². The van der Waals surface area contributed by atoms with E-state index < -0.39 is 16.0 Å². The lowest BCUT2D eigenvalue weighted by Gasteiger charge is -2.24. The molecular formula is C16H22N2O5S. The van der Waals surface area contributed by atoms with Crippen LogP contribution >= 0.6 is 0 Å². The quantitative estimate of drug-likeness (QED) is 0.533. The van der Waals surface area contributed by atoms with Crippen LogP contribution in [0.3, 0.4) is 0 Å². The molecule has 0 aliphatic heterocycles. The fraction of sp³-hybridized carbons (Fsp3) is 0.375. The molecule has 0 spiro atoms. The van der Waals surface area contributed by atoms with Crippen LogP contribution in [0.4, 0.5) is 5.69 Å². The molecule has 0 saturated carbocycles. The van der Waals surface area contributed by atoms with Gasteiger partial charge in [0.1, 0.15) is 0 Å². The number of amides is 1. The molecule has 24 heavy (non-hydrogen) atoms. The normalized spacial score (nSPS) is 10.8. The summed E-state index contributed by atoms with van der Waals surface area (Å²) >= 11 is 0. The Morgan fingerprint density at radius 1 is 1.33 bits per heavy atom. The van der Waals surface area contributed by atoms with Crippen molar-refractivity contribution < 1.29 is 22.7 Å². The molecule has 0 unspecified atom stereocenters. The number of nitrogens with zero attached hydrogens (tertiary/aromatic N) is 1. The summed E-state index contributed by atoms with van der Waals surface area (Å²) in [7, 11) is -3.68. The minimum Gasteiger partial charge on any atom is -0.462 e. The van der Waals surface area contributed by atoms with Crippen molar-refractivity contribution >= 4 is 27.6 Å². The Morgan fingerprint density at radius 3 is 2.58 bits per heavy atom. The first kappa shape index (κ1) is 19.7. The second kappa shape index (κ2) is 9.07. The molecule has 0 aliphatic rings. The number of para-hydroxylation sites is 1. The van der Waals surface area contributed by atoms with Gasteiger partial charge in [0.2, 0.25) is 15.9 Å². The number of esters is 1. The van der Waals surface area contributed by atoms with Crippen LogP contribution in [0, 0.1) is 0 Å². The van der Waals surface area contributed by atoms with Crippen LogP contribution in [0.25, 0.3) is 0 Å². The van der Waals surface area contributed by atoms with Gasteiger partial charge in [-0.25, -0.2) is 13.2 Å². The Balaban J connectivity index is 3.08. The number of rotatable bonds is 9. The third kappa shape index (κ3) is 5.69. The summed E-state index contributed by atoms with van der Waals surface area (Å²) in [4.78, 5) is 23.8. The summed E-state index contributed by atoms with van der Waals surface area (Å²) in [6, 6.07) is 6.24. The minimum atomic E-state index is -3.68. The Morgan fingerprint density at radius 2 is 2.00 bits per heavy atom. The van der Waals surface area contributed by atoms with Gasteiger partial charge in [0.25, 0.3) is 0 Å². The largest absolute Gasteiger partial charge is 0.462 e. The zero-order valence-electron chi connectivity index (χ0n) is 13.8. The molecular weight excluding hydrogens is 332 g/mol. The lowest BCUT2D eigenvalue weighted by Crippen LogP contribution is -2.35. The maximum absolute atomic E-state index is 12.1. The molecule has 1 rings (SSSR count). The molecule has 8 heteroatoms. The predicted octanol–water partition coefficient (Wildman–Crippen LogP) is 1.32. The molecule has 1 N–H and O–H groups in total. The van der Waals surface area contributed by atoms with Crippen molar-refractivity contribution in [3.63, 3.8) is 0 Å². The fourth-order valence-corrected chi connectivity index (χ4v) is 2.95. The molecule has 0 atom stereocenters. The fourth-order valence-electron chi connectivity index (χ4n) is 2.01. The van der Waals surface area contributed by atoms with E-state index in [2.05, 4.69) is 11.9 Å². The van der Waals surface area contributed by atoms with E-state index in [0.717, 1.165) is 10.6 Å². The average Bonchev–Trinajstić information content (AvgIpc) is 2.52. The Bertz CT molecular complexity index is 700. The topological polar surface area (TPSA) is 92.8 Å². The Labute approximate surface area is 142 Å². The molecule has 1 amide bonds. The second-order valence-corrected chi connectivity index (χ2v) is 6.82. The lowest BCUT2D eigenvalue weighted by atomic mass is 10.1. The number of sulfonamides is 1. The van der Waals surface area contributed by atoms with E-state index in [-0.39, 0.29) is 36.7 Å². The van der Waals surface area contributed by atoms with E-state index in [4.69, 9.17) is 4.74 Å². The molecule has 0 bridgehead atoms. The van der Waals surface area contributed by atoms with Crippen LogP contribution in [-0.2, 0) is 19.6 Å². The third-order valence-corrected chi connectivity index (χ3v) is 4.23. The molecule has 0 radical (unpaired) electrons. The van der Waals surface area contributed by atoms with E-state index >= 15 is 0 Å². The number of carbonyl (C=O) groups excluding carboxylic acids is 2. The highest BCUT2D eigenvalue weighted by molar-refractivity contribution is 7.92. The van der Waals surface area contributed by atoms with Crippen molar-refractivity contribution in [2.24, 2.45) is 0 Å². The molecule has 7 nitrogen and oxygen atoms in total. The van der Waals surface area contributed by atoms with Gasteiger partial charge in [-0.2, -0.15) is 0 Å². The standard InChI is InChI=1S/C16H22N2O5S/c1-4-11-17-15(19)10-12-18(24(3,21)22)14-9-7-6-8-13(14)16(20)23-5-2/h4,6-9H,1,5,10-12H2,2-3H3,(H,17,19). The molecule has 132 valence electrons. The molecule has 1 aromatic rings. The lowest BCUT2D eigenvalue weighted by molar-refractivity contribution is -0.120. The first-order valence-electron chi connectivity index (χ1n) is 7.42. The van der Waals surface area contributed by atoms with Crippen LogP contribution in [-0.4, -0.2) is 46.2 Å². The highest BCUT2D eigenvalue weighted by atomic mass is 32.2. The number of carbonyl (C=O) groups is 2. The zero-order valence-corrected chi connectivity index (χ0v) is 14.6. The van der Waals surface area contributed by atoms with Gasteiger partial charge in [-0.1, -0.05) is 18.2 Å². The minimum absolute atomic E-state index is 0.0436. The van der Waals surface area contributed by atoms with E-state index in [1.54, 1.807) is 19.1 Å². The first-order chi connectivity index (χ1) is 11.3. The van der Waals surface area contributed by atoms with Crippen molar-refractivity contribution in [2.45, 2.75) is 13.3 Å². The van der Waals surface area contributed by atoms with Crippen molar-refractivity contribution in [1.29, 1.82) is 0 Å². The third-order valence-electron chi connectivity index (χ3n) is 3.05. The Hall–Kier alpha value is -2.35. The SMILES string of the molecule is C=CCNC(=O)CCN(c1ccccc1C(=O)OCC)S(C)(=O)=O. The zero-order chi connectivity index (χ0) is 18.2. The van der Waals surface area contributed by atoms with Gasteiger partial charge in [-0.05, 0) is 19.1 Å². The first-order valence-corrected chi connectivity index (χ1v) is 9.27. The molecule has 0 aromatic heterocycles. The van der Waals surface area contributed by atoms with Crippen LogP contribution in [0.1, 0.15) is 23.7 Å². The van der Waals surface area contributed by atoms with Gasteiger partial charge in [0.15, 0.2) is 0 Å². The summed E-state index contributed by atoms with van der Waals surface area (Å²) < 4.78 is 30.2. The maximum Gasteiger partial charge on any atom is 0.340 e. The monoisotopic (exact) mass is 354 g/mol. The number of hydrogen-bond acceptors (Lipinski definition) is 5. The number of hydrogen-bond donors (Lipinski definition) is 1. The van der Waals surface area contributed by atoms with Crippen molar-refractivity contribution in [1.82, 2.24) is 5.32 Å².